The molecule has 0 aromatic carbocycles. The molecule has 1 aromatic rings. The summed E-state index contributed by atoms with van der Waals surface area (Å²) in [7, 11) is 1.53. The third kappa shape index (κ3) is 2.82. The van der Waals surface area contributed by atoms with Crippen LogP contribution in [-0.2, 0) is 4.79 Å². The third-order valence-electron chi connectivity index (χ3n) is 2.22. The summed E-state index contributed by atoms with van der Waals surface area (Å²) in [5.74, 6) is 1.08. The number of anilines is 1. The topological polar surface area (TPSA) is 70.5 Å². The molecule has 0 bridgehead atoms. The molecule has 0 aliphatic rings. The molecule has 1 heterocycles. The highest BCUT2D eigenvalue weighted by atomic mass is 32.1. The van der Waals surface area contributed by atoms with Crippen LogP contribution in [-0.4, -0.2) is 28.4 Å². The molecule has 6 heteroatoms. The average Bonchev–Trinajstić information content (AvgIpc) is 2.66. The number of carbonyl (C=O) groups is 2. The summed E-state index contributed by atoms with van der Waals surface area (Å²) >= 11 is 0.997. The second-order valence-electron chi connectivity index (χ2n) is 3.41. The minimum absolute atomic E-state index is 0.0755. The van der Waals surface area contributed by atoms with Crippen molar-refractivity contribution in [3.05, 3.63) is 11.3 Å². The minimum Gasteiger partial charge on any atom is -0.478 e. The lowest BCUT2D eigenvalue weighted by atomic mass is 10.2. The van der Waals surface area contributed by atoms with Gasteiger partial charge in [0.15, 0.2) is 0 Å². The Morgan fingerprint density at radius 2 is 2.24 bits per heavy atom. The van der Waals surface area contributed by atoms with Gasteiger partial charge >= 0.3 is 5.97 Å². The molecular formula is C11H12N2O3S. The Bertz CT molecular complexity index is 487. The smallest absolute Gasteiger partial charge is 0.340 e. The fourth-order valence-corrected chi connectivity index (χ4v) is 2.16. The van der Waals surface area contributed by atoms with E-state index in [2.05, 4.69) is 10.3 Å². The molecule has 1 N–H and O–H groups in total. The zero-order valence-corrected chi connectivity index (χ0v) is 10.4. The first-order valence-corrected chi connectivity index (χ1v) is 5.66. The monoisotopic (exact) mass is 252 g/mol. The molecule has 1 aromatic heterocycles. The van der Waals surface area contributed by atoms with Crippen molar-refractivity contribution >= 4 is 28.4 Å². The van der Waals surface area contributed by atoms with E-state index >= 15 is 0 Å². The first-order valence-electron chi connectivity index (χ1n) is 4.88. The van der Waals surface area contributed by atoms with Crippen molar-refractivity contribution < 1.29 is 14.7 Å². The van der Waals surface area contributed by atoms with E-state index in [0.717, 1.165) is 11.5 Å². The molecule has 0 fully saturated rings. The van der Waals surface area contributed by atoms with E-state index in [1.54, 1.807) is 6.92 Å². The van der Waals surface area contributed by atoms with Crippen LogP contribution >= 0.6 is 11.5 Å². The van der Waals surface area contributed by atoms with Crippen LogP contribution in [0.2, 0.25) is 0 Å². The number of terminal acetylenes is 1. The van der Waals surface area contributed by atoms with Crippen molar-refractivity contribution in [2.75, 3.05) is 11.9 Å². The van der Waals surface area contributed by atoms with Crippen LogP contribution in [0.5, 0.6) is 0 Å². The van der Waals surface area contributed by atoms with Gasteiger partial charge in [-0.15, -0.1) is 12.3 Å². The van der Waals surface area contributed by atoms with E-state index in [1.807, 2.05) is 0 Å². The van der Waals surface area contributed by atoms with Gasteiger partial charge in [-0.1, -0.05) is 0 Å². The third-order valence-corrected chi connectivity index (χ3v) is 3.24. The Kier molecular flexibility index (Phi) is 4.24. The largest absolute Gasteiger partial charge is 0.478 e. The number of aromatic nitrogens is 1. The van der Waals surface area contributed by atoms with E-state index in [-0.39, 0.29) is 17.9 Å². The highest BCUT2D eigenvalue weighted by Gasteiger charge is 2.23. The van der Waals surface area contributed by atoms with Crippen molar-refractivity contribution in [3.8, 4) is 12.3 Å². The van der Waals surface area contributed by atoms with Crippen molar-refractivity contribution in [2.24, 2.45) is 0 Å². The molecule has 0 spiro atoms. The van der Waals surface area contributed by atoms with Crippen molar-refractivity contribution in [1.29, 1.82) is 0 Å². The van der Waals surface area contributed by atoms with Crippen molar-refractivity contribution in [1.82, 2.24) is 4.37 Å². The number of aryl methyl sites for hydroxylation is 1. The fraction of sp³-hybridized carbons (Fsp3) is 0.364. The lowest BCUT2D eigenvalue weighted by Crippen LogP contribution is -2.26. The number of aromatic carboxylic acids is 1. The van der Waals surface area contributed by atoms with Gasteiger partial charge in [0.2, 0.25) is 5.91 Å². The number of nitrogens with zero attached hydrogens (tertiary/aromatic N) is 2. The summed E-state index contributed by atoms with van der Waals surface area (Å²) < 4.78 is 3.95. The molecule has 5 nitrogen and oxygen atoms in total. The number of carbonyl (C=O) groups excluding carboxylic acids is 1. The maximum Gasteiger partial charge on any atom is 0.340 e. The number of rotatable bonds is 4. The van der Waals surface area contributed by atoms with Gasteiger partial charge in [-0.3, -0.25) is 4.79 Å². The molecule has 90 valence electrons. The Balaban J connectivity index is 2.97. The highest BCUT2D eigenvalue weighted by Crippen LogP contribution is 2.28. The van der Waals surface area contributed by atoms with Gasteiger partial charge < -0.3 is 10.0 Å². The summed E-state index contributed by atoms with van der Waals surface area (Å²) in [6.45, 7) is 1.60. The van der Waals surface area contributed by atoms with Gasteiger partial charge in [0, 0.05) is 19.9 Å². The molecule has 0 radical (unpaired) electrons. The highest BCUT2D eigenvalue weighted by molar-refractivity contribution is 7.11. The fourth-order valence-electron chi connectivity index (χ4n) is 1.29. The molecule has 0 saturated heterocycles. The molecule has 0 atom stereocenters. The number of hydrogen-bond acceptors (Lipinski definition) is 4. The molecule has 1 rings (SSSR count). The summed E-state index contributed by atoms with van der Waals surface area (Å²) in [6.07, 6.45) is 5.61. The molecule has 0 unspecified atom stereocenters. The van der Waals surface area contributed by atoms with Gasteiger partial charge in [-0.2, -0.15) is 4.37 Å². The predicted molar refractivity (Wildman–Crippen MR) is 65.3 cm³/mol. The maximum atomic E-state index is 11.7. The second-order valence-corrected chi connectivity index (χ2v) is 4.16. The number of amides is 1. The van der Waals surface area contributed by atoms with E-state index in [9.17, 15) is 9.59 Å². The van der Waals surface area contributed by atoms with Crippen LogP contribution in [0.15, 0.2) is 0 Å². The molecule has 0 aliphatic carbocycles. The van der Waals surface area contributed by atoms with Gasteiger partial charge in [0.05, 0.1) is 5.69 Å². The predicted octanol–water partition coefficient (Wildman–Crippen LogP) is 1.53. The quantitative estimate of drug-likeness (QED) is 0.825. The molecular weight excluding hydrogens is 240 g/mol. The normalized spacial score (nSPS) is 9.71. The standard InChI is InChI=1S/C11H12N2O3S/c1-4-5-6-8(14)13(3)10-9(11(15)16)7(2)12-17-10/h1H,5-6H2,2-3H3,(H,15,16). The van der Waals surface area contributed by atoms with Crippen LogP contribution < -0.4 is 4.90 Å². The minimum atomic E-state index is -1.08. The zero-order chi connectivity index (χ0) is 13.0. The van der Waals surface area contributed by atoms with E-state index in [0.29, 0.717) is 17.1 Å². The second kappa shape index (κ2) is 5.46. The van der Waals surface area contributed by atoms with E-state index < -0.39 is 5.97 Å². The van der Waals surface area contributed by atoms with Crippen molar-refractivity contribution in [2.45, 2.75) is 19.8 Å². The maximum absolute atomic E-state index is 11.7. The Labute approximate surface area is 103 Å². The van der Waals surface area contributed by atoms with Crippen molar-refractivity contribution in [3.63, 3.8) is 0 Å². The van der Waals surface area contributed by atoms with Gasteiger partial charge in [0.25, 0.3) is 0 Å². The molecule has 1 amide bonds. The first-order chi connectivity index (χ1) is 7.99. The molecule has 0 saturated carbocycles. The molecule has 17 heavy (non-hydrogen) atoms. The first kappa shape index (κ1) is 13.2. The summed E-state index contributed by atoms with van der Waals surface area (Å²) in [6, 6.07) is 0. The SMILES string of the molecule is C#CCCC(=O)N(C)c1snc(C)c1C(=O)O. The van der Waals surface area contributed by atoms with Crippen LogP contribution in [0.25, 0.3) is 0 Å². The van der Waals surface area contributed by atoms with Crippen LogP contribution in [0.3, 0.4) is 0 Å². The lowest BCUT2D eigenvalue weighted by molar-refractivity contribution is -0.118. The van der Waals surface area contributed by atoms with Gasteiger partial charge in [-0.25, -0.2) is 4.79 Å². The zero-order valence-electron chi connectivity index (χ0n) is 9.56. The van der Waals surface area contributed by atoms with Gasteiger partial charge in [-0.05, 0) is 18.5 Å². The number of carboxylic acid groups (broad SMARTS) is 1. The van der Waals surface area contributed by atoms with E-state index in [1.165, 1.54) is 11.9 Å². The average molecular weight is 252 g/mol. The Morgan fingerprint density at radius 1 is 1.59 bits per heavy atom. The lowest BCUT2D eigenvalue weighted by Gasteiger charge is -2.14. The van der Waals surface area contributed by atoms with Crippen LogP contribution in [0.4, 0.5) is 5.00 Å². The molecule has 0 aliphatic heterocycles. The van der Waals surface area contributed by atoms with Gasteiger partial charge in [0.1, 0.15) is 10.6 Å². The summed E-state index contributed by atoms with van der Waals surface area (Å²) in [5.41, 5.74) is 0.487. The van der Waals surface area contributed by atoms with Crippen LogP contribution in [0, 0.1) is 19.3 Å². The summed E-state index contributed by atoms with van der Waals surface area (Å²) in [4.78, 5) is 24.0. The number of carboxylic acids is 1. The Morgan fingerprint density at radius 3 is 2.76 bits per heavy atom. The van der Waals surface area contributed by atoms with Crippen LogP contribution in [0.1, 0.15) is 28.9 Å². The Hall–Kier alpha value is -1.87. The summed E-state index contributed by atoms with van der Waals surface area (Å²) in [5, 5.41) is 9.38. The van der Waals surface area contributed by atoms with E-state index in [4.69, 9.17) is 11.5 Å². The number of hydrogen-bond donors (Lipinski definition) is 1.